The summed E-state index contributed by atoms with van der Waals surface area (Å²) in [6.45, 7) is 9.03. The third-order valence-electron chi connectivity index (χ3n) is 3.89. The predicted octanol–water partition coefficient (Wildman–Crippen LogP) is 2.61. The Hall–Kier alpha value is -1.03. The lowest BCUT2D eigenvalue weighted by Crippen LogP contribution is -2.39. The van der Waals surface area contributed by atoms with Crippen LogP contribution in [0.15, 0.2) is 12.4 Å². The Bertz CT molecular complexity index is 372. The van der Waals surface area contributed by atoms with Crippen LogP contribution in [-0.2, 0) is 0 Å². The molecule has 1 aliphatic heterocycles. The molecule has 2 atom stereocenters. The summed E-state index contributed by atoms with van der Waals surface area (Å²) in [6.07, 6.45) is 6.69. The summed E-state index contributed by atoms with van der Waals surface area (Å²) in [4.78, 5) is 2.43. The van der Waals surface area contributed by atoms with Crippen LogP contribution < -0.4 is 5.32 Å². The third kappa shape index (κ3) is 3.25. The lowest BCUT2D eigenvalue weighted by atomic mass is 9.92. The van der Waals surface area contributed by atoms with E-state index in [1.165, 1.54) is 25.9 Å². The minimum atomic E-state index is 0.427. The average molecular weight is 250 g/mol. The molecule has 1 aromatic rings. The van der Waals surface area contributed by atoms with E-state index in [0.717, 1.165) is 11.6 Å². The third-order valence-corrected chi connectivity index (χ3v) is 3.89. The molecule has 0 radical (unpaired) electrons. The number of rotatable bonds is 4. The first-order valence-electron chi connectivity index (χ1n) is 7.05. The van der Waals surface area contributed by atoms with Crippen molar-refractivity contribution in [2.75, 3.05) is 25.5 Å². The minimum absolute atomic E-state index is 0.427. The van der Waals surface area contributed by atoms with E-state index in [9.17, 15) is 0 Å². The van der Waals surface area contributed by atoms with E-state index in [-0.39, 0.29) is 0 Å². The largest absolute Gasteiger partial charge is 0.380 e. The van der Waals surface area contributed by atoms with Crippen LogP contribution in [0, 0.1) is 5.92 Å². The van der Waals surface area contributed by atoms with Gasteiger partial charge in [0.1, 0.15) is 0 Å². The van der Waals surface area contributed by atoms with Gasteiger partial charge in [-0.3, -0.25) is 4.68 Å². The first-order valence-corrected chi connectivity index (χ1v) is 7.05. The van der Waals surface area contributed by atoms with Gasteiger partial charge in [-0.25, -0.2) is 0 Å². The molecule has 4 nitrogen and oxygen atoms in total. The standard InChI is InChI=1S/C14H26N4/c1-11(2)18-10-14(8-15-18)16-12(3)13-6-5-7-17(4)9-13/h8,10-13,16H,5-7,9H2,1-4H3. The van der Waals surface area contributed by atoms with Crippen LogP contribution in [0.25, 0.3) is 0 Å². The highest BCUT2D eigenvalue weighted by Crippen LogP contribution is 2.21. The quantitative estimate of drug-likeness (QED) is 0.891. The van der Waals surface area contributed by atoms with Gasteiger partial charge in [0.2, 0.25) is 0 Å². The van der Waals surface area contributed by atoms with Gasteiger partial charge in [0, 0.05) is 24.8 Å². The van der Waals surface area contributed by atoms with Crippen molar-refractivity contribution in [3.8, 4) is 0 Å². The Labute approximate surface area is 110 Å². The summed E-state index contributed by atoms with van der Waals surface area (Å²) in [5.74, 6) is 0.742. The fourth-order valence-electron chi connectivity index (χ4n) is 2.69. The molecule has 1 saturated heterocycles. The van der Waals surface area contributed by atoms with Gasteiger partial charge in [-0.05, 0) is 53.1 Å². The SMILES string of the molecule is CC(Nc1cnn(C(C)C)c1)C1CCCN(C)C1. The van der Waals surface area contributed by atoms with E-state index >= 15 is 0 Å². The fourth-order valence-corrected chi connectivity index (χ4v) is 2.69. The number of hydrogen-bond donors (Lipinski definition) is 1. The second-order valence-electron chi connectivity index (χ2n) is 5.90. The summed E-state index contributed by atoms with van der Waals surface area (Å²) in [5.41, 5.74) is 1.14. The van der Waals surface area contributed by atoms with Crippen LogP contribution in [0.5, 0.6) is 0 Å². The number of aromatic nitrogens is 2. The van der Waals surface area contributed by atoms with E-state index in [0.29, 0.717) is 12.1 Å². The maximum absolute atomic E-state index is 4.37. The molecule has 0 aliphatic carbocycles. The maximum Gasteiger partial charge on any atom is 0.0728 e. The molecule has 2 unspecified atom stereocenters. The summed E-state index contributed by atoms with van der Waals surface area (Å²) in [5, 5.41) is 7.97. The van der Waals surface area contributed by atoms with Crippen LogP contribution in [-0.4, -0.2) is 40.9 Å². The van der Waals surface area contributed by atoms with Gasteiger partial charge in [-0.1, -0.05) is 0 Å². The van der Waals surface area contributed by atoms with Crippen LogP contribution in [0.2, 0.25) is 0 Å². The molecule has 0 bridgehead atoms. The zero-order valence-corrected chi connectivity index (χ0v) is 12.1. The van der Waals surface area contributed by atoms with E-state index in [2.05, 4.69) is 49.3 Å². The van der Waals surface area contributed by atoms with Gasteiger partial charge in [0.25, 0.3) is 0 Å². The van der Waals surface area contributed by atoms with Gasteiger partial charge in [0.05, 0.1) is 11.9 Å². The zero-order chi connectivity index (χ0) is 13.1. The highest BCUT2D eigenvalue weighted by molar-refractivity contribution is 5.39. The van der Waals surface area contributed by atoms with Crippen molar-refractivity contribution in [2.24, 2.45) is 5.92 Å². The molecular weight excluding hydrogens is 224 g/mol. The molecule has 1 N–H and O–H groups in total. The van der Waals surface area contributed by atoms with E-state index in [4.69, 9.17) is 0 Å². The van der Waals surface area contributed by atoms with Gasteiger partial charge in [-0.15, -0.1) is 0 Å². The van der Waals surface area contributed by atoms with Crippen LogP contribution >= 0.6 is 0 Å². The van der Waals surface area contributed by atoms with E-state index in [1.54, 1.807) is 0 Å². The Kier molecular flexibility index (Phi) is 4.27. The van der Waals surface area contributed by atoms with Crippen molar-refractivity contribution in [3.63, 3.8) is 0 Å². The molecule has 0 amide bonds. The number of hydrogen-bond acceptors (Lipinski definition) is 3. The number of anilines is 1. The molecule has 1 aromatic heterocycles. The summed E-state index contributed by atoms with van der Waals surface area (Å²) < 4.78 is 2.00. The summed E-state index contributed by atoms with van der Waals surface area (Å²) >= 11 is 0. The second-order valence-corrected chi connectivity index (χ2v) is 5.90. The number of nitrogens with zero attached hydrogens (tertiary/aromatic N) is 3. The van der Waals surface area contributed by atoms with Gasteiger partial charge in [0.15, 0.2) is 0 Å². The Balaban J connectivity index is 1.91. The van der Waals surface area contributed by atoms with Crippen molar-refractivity contribution in [3.05, 3.63) is 12.4 Å². The molecule has 4 heteroatoms. The molecule has 2 rings (SSSR count). The predicted molar refractivity (Wildman–Crippen MR) is 75.9 cm³/mol. The molecule has 0 aromatic carbocycles. The molecule has 1 fully saturated rings. The average Bonchev–Trinajstić information content (AvgIpc) is 2.77. The molecule has 102 valence electrons. The van der Waals surface area contributed by atoms with Gasteiger partial charge in [-0.2, -0.15) is 5.10 Å². The molecule has 0 saturated carbocycles. The first-order chi connectivity index (χ1) is 8.56. The van der Waals surface area contributed by atoms with Crippen molar-refractivity contribution >= 4 is 5.69 Å². The molecule has 2 heterocycles. The van der Waals surface area contributed by atoms with Crippen molar-refractivity contribution in [1.82, 2.24) is 14.7 Å². The first kappa shape index (κ1) is 13.4. The van der Waals surface area contributed by atoms with Gasteiger partial charge < -0.3 is 10.2 Å². The number of nitrogens with one attached hydrogen (secondary N) is 1. The highest BCUT2D eigenvalue weighted by atomic mass is 15.3. The zero-order valence-electron chi connectivity index (χ0n) is 12.1. The molecule has 0 spiro atoms. The number of piperidine rings is 1. The van der Waals surface area contributed by atoms with Crippen LogP contribution in [0.4, 0.5) is 5.69 Å². The summed E-state index contributed by atoms with van der Waals surface area (Å²) in [6, 6.07) is 0.939. The molecule has 1 aliphatic rings. The van der Waals surface area contributed by atoms with Gasteiger partial charge >= 0.3 is 0 Å². The number of likely N-dealkylation sites (tertiary alicyclic amines) is 1. The smallest absolute Gasteiger partial charge is 0.0728 e. The van der Waals surface area contributed by atoms with Crippen LogP contribution in [0.1, 0.15) is 39.7 Å². The normalized spacial score (nSPS) is 23.3. The van der Waals surface area contributed by atoms with Crippen LogP contribution in [0.3, 0.4) is 0 Å². The van der Waals surface area contributed by atoms with Crippen molar-refractivity contribution in [1.29, 1.82) is 0 Å². The Morgan fingerprint density at radius 2 is 2.17 bits per heavy atom. The Morgan fingerprint density at radius 3 is 2.78 bits per heavy atom. The fraction of sp³-hybridized carbons (Fsp3) is 0.786. The second kappa shape index (κ2) is 5.74. The molecule has 18 heavy (non-hydrogen) atoms. The topological polar surface area (TPSA) is 33.1 Å². The highest BCUT2D eigenvalue weighted by Gasteiger charge is 2.22. The summed E-state index contributed by atoms with van der Waals surface area (Å²) in [7, 11) is 2.22. The van der Waals surface area contributed by atoms with Crippen molar-refractivity contribution < 1.29 is 0 Å². The Morgan fingerprint density at radius 1 is 1.39 bits per heavy atom. The lowest BCUT2D eigenvalue weighted by Gasteiger charge is -2.34. The minimum Gasteiger partial charge on any atom is -0.380 e. The van der Waals surface area contributed by atoms with E-state index < -0.39 is 0 Å². The monoisotopic (exact) mass is 250 g/mol. The maximum atomic E-state index is 4.37. The molecular formula is C14H26N4. The van der Waals surface area contributed by atoms with Crippen molar-refractivity contribution in [2.45, 2.75) is 45.7 Å². The lowest BCUT2D eigenvalue weighted by molar-refractivity contribution is 0.197. The van der Waals surface area contributed by atoms with E-state index in [1.807, 2.05) is 10.9 Å².